The van der Waals surface area contributed by atoms with Gasteiger partial charge in [0.2, 0.25) is 5.28 Å². The molecule has 0 spiro atoms. The molecule has 0 aliphatic heterocycles. The van der Waals surface area contributed by atoms with Crippen LogP contribution in [0.3, 0.4) is 0 Å². The summed E-state index contributed by atoms with van der Waals surface area (Å²) >= 11 is 6.98. The summed E-state index contributed by atoms with van der Waals surface area (Å²) in [6.45, 7) is 0.359. The molecule has 2 rings (SSSR count). The molecule has 2 aromatic rings. The molecule has 0 unspecified atom stereocenters. The summed E-state index contributed by atoms with van der Waals surface area (Å²) in [5.41, 5.74) is 0.567. The number of carbonyl (C=O) groups excluding carboxylic acids is 1. The summed E-state index contributed by atoms with van der Waals surface area (Å²) < 4.78 is 5.53. The van der Waals surface area contributed by atoms with Crippen LogP contribution in [0.15, 0.2) is 11.6 Å². The number of hydrogen-bond donors (Lipinski definition) is 0. The van der Waals surface area contributed by atoms with Crippen LogP contribution in [-0.2, 0) is 4.79 Å². The van der Waals surface area contributed by atoms with Gasteiger partial charge in [0, 0.05) is 11.6 Å². The van der Waals surface area contributed by atoms with E-state index in [4.69, 9.17) is 16.3 Å². The molecule has 6 heteroatoms. The van der Waals surface area contributed by atoms with Gasteiger partial charge in [0.25, 0.3) is 6.47 Å². The van der Waals surface area contributed by atoms with E-state index >= 15 is 0 Å². The van der Waals surface area contributed by atoms with Gasteiger partial charge in [-0.1, -0.05) is 0 Å². The lowest BCUT2D eigenvalue weighted by atomic mass is 10.4. The zero-order chi connectivity index (χ0) is 9.26. The number of aromatic nitrogens is 2. The third-order valence-corrected chi connectivity index (χ3v) is 2.49. The zero-order valence-electron chi connectivity index (χ0n) is 6.23. The molecule has 0 saturated carbocycles. The van der Waals surface area contributed by atoms with Crippen LogP contribution in [0.5, 0.6) is 5.75 Å². The Labute approximate surface area is 82.1 Å². The molecule has 13 heavy (non-hydrogen) atoms. The van der Waals surface area contributed by atoms with E-state index in [0.717, 1.165) is 4.70 Å². The van der Waals surface area contributed by atoms with Gasteiger partial charge in [0.15, 0.2) is 5.75 Å². The molecule has 0 bridgehead atoms. The van der Waals surface area contributed by atoms with E-state index in [2.05, 4.69) is 9.97 Å². The number of thiophene rings is 1. The molecule has 2 heterocycles. The number of carbonyl (C=O) groups is 1. The van der Waals surface area contributed by atoms with Crippen molar-refractivity contribution in [2.45, 2.75) is 0 Å². The van der Waals surface area contributed by atoms with Crippen LogP contribution in [0.4, 0.5) is 0 Å². The van der Waals surface area contributed by atoms with Crippen molar-refractivity contribution in [3.05, 3.63) is 16.9 Å². The first-order valence-corrected chi connectivity index (χ1v) is 4.57. The maximum absolute atomic E-state index is 10.1. The number of ether oxygens (including phenoxy) is 1. The molecule has 2 aromatic heterocycles. The average Bonchev–Trinajstić information content (AvgIpc) is 2.49. The van der Waals surface area contributed by atoms with E-state index in [9.17, 15) is 4.79 Å². The molecule has 0 aliphatic carbocycles. The normalized spacial score (nSPS) is 10.2. The van der Waals surface area contributed by atoms with Gasteiger partial charge in [-0.2, -0.15) is 0 Å². The highest BCUT2D eigenvalue weighted by atomic mass is 35.5. The molecule has 0 N–H and O–H groups in total. The maximum Gasteiger partial charge on any atom is 0.298 e. The van der Waals surface area contributed by atoms with E-state index in [-0.39, 0.29) is 5.28 Å². The molecule has 0 aliphatic rings. The van der Waals surface area contributed by atoms with Crippen molar-refractivity contribution >= 4 is 39.6 Å². The van der Waals surface area contributed by atoms with Gasteiger partial charge in [-0.25, -0.2) is 9.97 Å². The van der Waals surface area contributed by atoms with Crippen LogP contribution in [0.1, 0.15) is 0 Å². The van der Waals surface area contributed by atoms with Gasteiger partial charge >= 0.3 is 0 Å². The zero-order valence-corrected chi connectivity index (χ0v) is 7.80. The highest BCUT2D eigenvalue weighted by Gasteiger charge is 2.07. The standard InChI is InChI=1S/C7H3ClN2O2S/c8-7-9-1-5-6(10-7)4(2-13-5)12-3-11/h1-3H. The molecule has 0 radical (unpaired) electrons. The van der Waals surface area contributed by atoms with Crippen molar-refractivity contribution in [1.29, 1.82) is 0 Å². The fourth-order valence-electron chi connectivity index (χ4n) is 0.920. The lowest BCUT2D eigenvalue weighted by Gasteiger charge is -1.93. The van der Waals surface area contributed by atoms with Crippen LogP contribution in [0, 0.1) is 0 Å². The van der Waals surface area contributed by atoms with Gasteiger partial charge in [0.1, 0.15) is 5.52 Å². The topological polar surface area (TPSA) is 52.1 Å². The third-order valence-electron chi connectivity index (χ3n) is 1.43. The van der Waals surface area contributed by atoms with Gasteiger partial charge < -0.3 is 4.74 Å². The quantitative estimate of drug-likeness (QED) is 0.566. The number of nitrogens with zero attached hydrogens (tertiary/aromatic N) is 2. The molecule has 0 atom stereocenters. The predicted octanol–water partition coefficient (Wildman–Crippen LogP) is 1.88. The van der Waals surface area contributed by atoms with Gasteiger partial charge in [-0.15, -0.1) is 11.3 Å². The van der Waals surface area contributed by atoms with Crippen molar-refractivity contribution in [2.75, 3.05) is 0 Å². The number of hydrogen-bond acceptors (Lipinski definition) is 5. The van der Waals surface area contributed by atoms with Crippen LogP contribution >= 0.6 is 22.9 Å². The smallest absolute Gasteiger partial charge is 0.298 e. The molecule has 0 fully saturated rings. The van der Waals surface area contributed by atoms with Gasteiger partial charge in [-0.05, 0) is 11.6 Å². The Balaban J connectivity index is 2.64. The Kier molecular flexibility index (Phi) is 2.12. The molecule has 0 amide bonds. The molecular weight excluding hydrogens is 212 g/mol. The monoisotopic (exact) mass is 214 g/mol. The van der Waals surface area contributed by atoms with Crippen LogP contribution in [-0.4, -0.2) is 16.4 Å². The summed E-state index contributed by atoms with van der Waals surface area (Å²) in [5.74, 6) is 0.416. The van der Waals surface area contributed by atoms with E-state index < -0.39 is 0 Å². The van der Waals surface area contributed by atoms with Crippen molar-refractivity contribution in [3.63, 3.8) is 0 Å². The predicted molar refractivity (Wildman–Crippen MR) is 49.1 cm³/mol. The van der Waals surface area contributed by atoms with Crippen LogP contribution < -0.4 is 4.74 Å². The largest absolute Gasteiger partial charge is 0.426 e. The average molecular weight is 215 g/mol. The Morgan fingerprint density at radius 3 is 3.23 bits per heavy atom. The van der Waals surface area contributed by atoms with E-state index in [1.165, 1.54) is 11.3 Å². The fourth-order valence-corrected chi connectivity index (χ4v) is 1.83. The fraction of sp³-hybridized carbons (Fsp3) is 0. The van der Waals surface area contributed by atoms with Crippen molar-refractivity contribution in [3.8, 4) is 5.75 Å². The molecular formula is C7H3ClN2O2S. The second-order valence-electron chi connectivity index (χ2n) is 2.17. The first-order chi connectivity index (χ1) is 6.31. The minimum Gasteiger partial charge on any atom is -0.426 e. The lowest BCUT2D eigenvalue weighted by Crippen LogP contribution is -1.88. The molecule has 66 valence electrons. The number of halogens is 1. The summed E-state index contributed by atoms with van der Waals surface area (Å²) in [7, 11) is 0. The molecule has 4 nitrogen and oxygen atoms in total. The third kappa shape index (κ3) is 1.48. The summed E-state index contributed by atoms with van der Waals surface area (Å²) in [5, 5.41) is 1.83. The summed E-state index contributed by atoms with van der Waals surface area (Å²) in [6.07, 6.45) is 1.59. The van der Waals surface area contributed by atoms with E-state index in [1.54, 1.807) is 11.6 Å². The second-order valence-corrected chi connectivity index (χ2v) is 3.42. The van der Waals surface area contributed by atoms with Gasteiger partial charge in [0.05, 0.1) is 4.70 Å². The van der Waals surface area contributed by atoms with Gasteiger partial charge in [-0.3, -0.25) is 4.79 Å². The van der Waals surface area contributed by atoms with E-state index in [1.807, 2.05) is 0 Å². The van der Waals surface area contributed by atoms with Crippen molar-refractivity contribution in [2.24, 2.45) is 0 Å². The van der Waals surface area contributed by atoms with E-state index in [0.29, 0.717) is 17.7 Å². The molecule has 0 aromatic carbocycles. The minimum atomic E-state index is 0.140. The minimum absolute atomic E-state index is 0.140. The maximum atomic E-state index is 10.1. The highest BCUT2D eigenvalue weighted by molar-refractivity contribution is 7.17. The first kappa shape index (κ1) is 8.40. The van der Waals surface area contributed by atoms with Crippen molar-refractivity contribution < 1.29 is 9.53 Å². The lowest BCUT2D eigenvalue weighted by molar-refractivity contribution is -0.120. The highest BCUT2D eigenvalue weighted by Crippen LogP contribution is 2.30. The Hall–Kier alpha value is -1.20. The first-order valence-electron chi connectivity index (χ1n) is 3.31. The Morgan fingerprint density at radius 1 is 1.62 bits per heavy atom. The van der Waals surface area contributed by atoms with Crippen LogP contribution in [0.2, 0.25) is 5.28 Å². The summed E-state index contributed by atoms with van der Waals surface area (Å²) in [4.78, 5) is 17.8. The Bertz CT molecular complexity index is 457. The number of rotatable bonds is 2. The van der Waals surface area contributed by atoms with Crippen molar-refractivity contribution in [1.82, 2.24) is 9.97 Å². The summed E-state index contributed by atoms with van der Waals surface area (Å²) in [6, 6.07) is 0. The second kappa shape index (κ2) is 3.27. The Morgan fingerprint density at radius 2 is 2.46 bits per heavy atom. The SMILES string of the molecule is O=COc1csc2cnc(Cl)nc12. The van der Waals surface area contributed by atoms with Crippen LogP contribution in [0.25, 0.3) is 10.2 Å². The number of fused-ring (bicyclic) bond motifs is 1. The molecule has 0 saturated heterocycles.